The second kappa shape index (κ2) is 9.08. The number of aromatic nitrogens is 3. The fourth-order valence-electron chi connectivity index (χ4n) is 2.63. The van der Waals surface area contributed by atoms with E-state index in [2.05, 4.69) is 58.2 Å². The Morgan fingerprint density at radius 2 is 1.88 bits per heavy atom. The van der Waals surface area contributed by atoms with Gasteiger partial charge in [0, 0.05) is 31.4 Å². The summed E-state index contributed by atoms with van der Waals surface area (Å²) < 4.78 is 0. The van der Waals surface area contributed by atoms with Gasteiger partial charge in [0.2, 0.25) is 0 Å². The average Bonchev–Trinajstić information content (AvgIpc) is 2.59. The molecule has 0 saturated carbocycles. The highest BCUT2D eigenvalue weighted by Crippen LogP contribution is 2.11. The number of nitrogens with zero attached hydrogens (tertiary/aromatic N) is 4. The Balaban J connectivity index is 1.92. The van der Waals surface area contributed by atoms with Crippen LogP contribution in [0, 0.1) is 0 Å². The van der Waals surface area contributed by atoms with Crippen molar-refractivity contribution >= 4 is 17.5 Å². The third kappa shape index (κ3) is 5.79. The lowest BCUT2D eigenvalue weighted by molar-refractivity contribution is 0.0934. The zero-order valence-electron chi connectivity index (χ0n) is 15.2. The molecule has 2 aromatic heterocycles. The third-order valence-electron chi connectivity index (χ3n) is 3.80. The van der Waals surface area contributed by atoms with Crippen LogP contribution in [0.2, 0.25) is 0 Å². The maximum absolute atomic E-state index is 12.3. The molecule has 0 radical (unpaired) electrons. The van der Waals surface area contributed by atoms with E-state index in [0.29, 0.717) is 36.0 Å². The predicted molar refractivity (Wildman–Crippen MR) is 98.9 cm³/mol. The van der Waals surface area contributed by atoms with Gasteiger partial charge in [0.05, 0.1) is 0 Å². The van der Waals surface area contributed by atoms with Crippen LogP contribution in [-0.4, -0.2) is 50.9 Å². The molecule has 0 saturated heterocycles. The molecule has 2 aromatic rings. The van der Waals surface area contributed by atoms with E-state index in [4.69, 9.17) is 0 Å². The van der Waals surface area contributed by atoms with Crippen molar-refractivity contribution in [1.82, 2.24) is 25.2 Å². The zero-order chi connectivity index (χ0) is 18.2. The van der Waals surface area contributed by atoms with E-state index in [9.17, 15) is 4.79 Å². The van der Waals surface area contributed by atoms with E-state index < -0.39 is 0 Å². The molecule has 0 aliphatic heterocycles. The van der Waals surface area contributed by atoms with Gasteiger partial charge in [-0.15, -0.1) is 0 Å². The third-order valence-corrected chi connectivity index (χ3v) is 3.80. The number of hydrogen-bond acceptors (Lipinski definition) is 6. The number of carbonyl (C=O) groups is 1. The number of rotatable bonds is 8. The second-order valence-electron chi connectivity index (χ2n) is 6.31. The molecule has 0 bridgehead atoms. The van der Waals surface area contributed by atoms with Crippen molar-refractivity contribution in [2.45, 2.75) is 39.8 Å². The van der Waals surface area contributed by atoms with Gasteiger partial charge in [-0.05, 0) is 45.9 Å². The molecule has 0 aliphatic rings. The van der Waals surface area contributed by atoms with E-state index in [1.165, 1.54) is 6.33 Å². The maximum Gasteiger partial charge on any atom is 0.270 e. The van der Waals surface area contributed by atoms with Crippen LogP contribution in [0.5, 0.6) is 0 Å². The molecular formula is C18H26N6O. The number of carbonyl (C=O) groups excluding carboxylic acids is 1. The van der Waals surface area contributed by atoms with Gasteiger partial charge >= 0.3 is 0 Å². The van der Waals surface area contributed by atoms with Crippen LogP contribution in [-0.2, 0) is 0 Å². The molecule has 0 aliphatic carbocycles. The first kappa shape index (κ1) is 18.8. The molecule has 1 amide bonds. The Labute approximate surface area is 148 Å². The Bertz CT molecular complexity index is 666. The summed E-state index contributed by atoms with van der Waals surface area (Å²) in [6.07, 6.45) is 3.09. The summed E-state index contributed by atoms with van der Waals surface area (Å²) in [5.41, 5.74) is 0.375. The van der Waals surface area contributed by atoms with Crippen LogP contribution in [0.3, 0.4) is 0 Å². The normalized spacial score (nSPS) is 11.2. The van der Waals surface area contributed by atoms with Crippen LogP contribution < -0.4 is 10.6 Å². The van der Waals surface area contributed by atoms with Gasteiger partial charge in [-0.1, -0.05) is 6.07 Å². The fraction of sp³-hybridized carbons (Fsp3) is 0.444. The van der Waals surface area contributed by atoms with Gasteiger partial charge in [0.1, 0.15) is 23.7 Å². The van der Waals surface area contributed by atoms with E-state index >= 15 is 0 Å². The van der Waals surface area contributed by atoms with Crippen molar-refractivity contribution in [3.8, 4) is 0 Å². The molecule has 134 valence electrons. The first-order valence-electron chi connectivity index (χ1n) is 8.51. The molecule has 25 heavy (non-hydrogen) atoms. The zero-order valence-corrected chi connectivity index (χ0v) is 15.2. The van der Waals surface area contributed by atoms with E-state index in [-0.39, 0.29) is 5.91 Å². The lowest BCUT2D eigenvalue weighted by Crippen LogP contribution is -2.42. The highest BCUT2D eigenvalue weighted by atomic mass is 16.1. The highest BCUT2D eigenvalue weighted by Gasteiger charge is 2.14. The van der Waals surface area contributed by atoms with Crippen molar-refractivity contribution in [3.63, 3.8) is 0 Å². The Hall–Kier alpha value is -2.54. The van der Waals surface area contributed by atoms with Gasteiger partial charge in [-0.3, -0.25) is 9.69 Å². The molecule has 2 rings (SSSR count). The number of hydrogen-bond donors (Lipinski definition) is 2. The largest absolute Gasteiger partial charge is 0.349 e. The smallest absolute Gasteiger partial charge is 0.270 e. The minimum atomic E-state index is -0.182. The standard InChI is InChI=1S/C18H26N6O/c1-13(2)24(14(3)4)11-10-20-18(25)15-6-5-7-17(22-15)23-16-8-9-19-12-21-16/h5-9,12-14H,10-11H2,1-4H3,(H,20,25)(H,19,21,22,23). The molecular weight excluding hydrogens is 316 g/mol. The highest BCUT2D eigenvalue weighted by molar-refractivity contribution is 5.92. The Morgan fingerprint density at radius 3 is 2.52 bits per heavy atom. The van der Waals surface area contributed by atoms with Gasteiger partial charge in [-0.2, -0.15) is 0 Å². The number of pyridine rings is 1. The Kier molecular flexibility index (Phi) is 6.82. The lowest BCUT2D eigenvalue weighted by Gasteiger charge is -2.30. The first-order valence-corrected chi connectivity index (χ1v) is 8.51. The quantitative estimate of drug-likeness (QED) is 0.767. The summed E-state index contributed by atoms with van der Waals surface area (Å²) in [6.45, 7) is 10.0. The van der Waals surface area contributed by atoms with Crippen molar-refractivity contribution in [2.75, 3.05) is 18.4 Å². The molecule has 0 fully saturated rings. The SMILES string of the molecule is CC(C)N(CCNC(=O)c1cccc(Nc2ccncn2)n1)C(C)C. The number of amides is 1. The van der Waals surface area contributed by atoms with Crippen LogP contribution in [0.4, 0.5) is 11.6 Å². The van der Waals surface area contributed by atoms with Crippen LogP contribution in [0.15, 0.2) is 36.8 Å². The summed E-state index contributed by atoms with van der Waals surface area (Å²) in [5, 5.41) is 5.99. The first-order chi connectivity index (χ1) is 12.0. The molecule has 7 nitrogen and oxygen atoms in total. The predicted octanol–water partition coefficient (Wildman–Crippen LogP) is 2.46. The van der Waals surface area contributed by atoms with E-state index in [1.807, 2.05) is 0 Å². The summed E-state index contributed by atoms with van der Waals surface area (Å²) in [5.74, 6) is 1.01. The average molecular weight is 342 g/mol. The molecule has 0 aromatic carbocycles. The lowest BCUT2D eigenvalue weighted by atomic mass is 10.2. The molecule has 2 N–H and O–H groups in total. The van der Waals surface area contributed by atoms with Crippen molar-refractivity contribution in [3.05, 3.63) is 42.5 Å². The summed E-state index contributed by atoms with van der Waals surface area (Å²) >= 11 is 0. The summed E-state index contributed by atoms with van der Waals surface area (Å²) in [6, 6.07) is 7.90. The molecule has 0 spiro atoms. The fourth-order valence-corrected chi connectivity index (χ4v) is 2.63. The van der Waals surface area contributed by atoms with Crippen molar-refractivity contribution < 1.29 is 4.79 Å². The topological polar surface area (TPSA) is 83.0 Å². The van der Waals surface area contributed by atoms with Crippen LogP contribution >= 0.6 is 0 Å². The van der Waals surface area contributed by atoms with Gasteiger partial charge in [0.25, 0.3) is 5.91 Å². The minimum Gasteiger partial charge on any atom is -0.349 e. The van der Waals surface area contributed by atoms with Gasteiger partial charge < -0.3 is 10.6 Å². The van der Waals surface area contributed by atoms with Gasteiger partial charge in [0.15, 0.2) is 0 Å². The van der Waals surface area contributed by atoms with Crippen molar-refractivity contribution in [2.24, 2.45) is 0 Å². The van der Waals surface area contributed by atoms with E-state index in [1.54, 1.807) is 30.5 Å². The number of anilines is 2. The summed E-state index contributed by atoms with van der Waals surface area (Å²) in [7, 11) is 0. The molecule has 2 heterocycles. The van der Waals surface area contributed by atoms with Gasteiger partial charge in [-0.25, -0.2) is 15.0 Å². The minimum absolute atomic E-state index is 0.182. The Morgan fingerprint density at radius 1 is 1.12 bits per heavy atom. The maximum atomic E-state index is 12.3. The van der Waals surface area contributed by atoms with Crippen molar-refractivity contribution in [1.29, 1.82) is 0 Å². The monoisotopic (exact) mass is 342 g/mol. The van der Waals surface area contributed by atoms with Crippen LogP contribution in [0.1, 0.15) is 38.2 Å². The van der Waals surface area contributed by atoms with E-state index in [0.717, 1.165) is 6.54 Å². The molecule has 7 heteroatoms. The van der Waals surface area contributed by atoms with Crippen LogP contribution in [0.25, 0.3) is 0 Å². The second-order valence-corrected chi connectivity index (χ2v) is 6.31. The molecule has 0 atom stereocenters. The number of nitrogens with one attached hydrogen (secondary N) is 2. The summed E-state index contributed by atoms with van der Waals surface area (Å²) in [4.78, 5) is 26.9. The molecule has 0 unspecified atom stereocenters.